The van der Waals surface area contributed by atoms with Gasteiger partial charge in [-0.25, -0.2) is 8.42 Å². The van der Waals surface area contributed by atoms with Crippen LogP contribution < -0.4 is 0 Å². The van der Waals surface area contributed by atoms with Gasteiger partial charge in [0.15, 0.2) is 0 Å². The van der Waals surface area contributed by atoms with Gasteiger partial charge in [-0.3, -0.25) is 0 Å². The molecule has 18 heavy (non-hydrogen) atoms. The molecule has 0 amide bonds. The first-order chi connectivity index (χ1) is 8.68. The van der Waals surface area contributed by atoms with E-state index in [1.165, 1.54) is 4.88 Å². The van der Waals surface area contributed by atoms with Gasteiger partial charge in [-0.05, 0) is 43.2 Å². The molecule has 3 rings (SSSR count). The quantitative estimate of drug-likeness (QED) is 0.852. The Hall–Kier alpha value is -0.650. The lowest BCUT2D eigenvalue weighted by Gasteiger charge is -2.21. The fraction of sp³-hybridized carbons (Fsp3) is 0.538. The van der Waals surface area contributed by atoms with Crippen LogP contribution in [0.15, 0.2) is 23.6 Å². The summed E-state index contributed by atoms with van der Waals surface area (Å²) in [6, 6.07) is 4.13. The lowest BCUT2D eigenvalue weighted by Crippen LogP contribution is -2.36. The Morgan fingerprint density at radius 2 is 2.17 bits per heavy atom. The molecule has 1 saturated carbocycles. The molecule has 3 nitrogen and oxygen atoms in total. The van der Waals surface area contributed by atoms with Crippen LogP contribution in [0.1, 0.15) is 30.6 Å². The molecule has 1 aromatic rings. The highest BCUT2D eigenvalue weighted by Gasteiger charge is 2.43. The minimum atomic E-state index is -3.02. The average molecular weight is 283 g/mol. The molecule has 1 saturated heterocycles. The molecular formula is C13H17NO2S2. The van der Waals surface area contributed by atoms with Gasteiger partial charge in [0, 0.05) is 17.5 Å². The third-order valence-electron chi connectivity index (χ3n) is 3.55. The third-order valence-corrected chi connectivity index (χ3v) is 6.81. The topological polar surface area (TPSA) is 37.4 Å². The minimum Gasteiger partial charge on any atom is -0.212 e. The number of sulfonamides is 1. The Bertz CT molecular complexity index is 529. The summed E-state index contributed by atoms with van der Waals surface area (Å²) in [7, 11) is -3.02. The van der Waals surface area contributed by atoms with E-state index in [1.54, 1.807) is 15.6 Å². The monoisotopic (exact) mass is 283 g/mol. The van der Waals surface area contributed by atoms with Crippen molar-refractivity contribution < 1.29 is 8.42 Å². The Balaban J connectivity index is 1.75. The van der Waals surface area contributed by atoms with Crippen LogP contribution in [0, 0.1) is 0 Å². The molecule has 98 valence electrons. The molecule has 0 spiro atoms. The van der Waals surface area contributed by atoms with Crippen LogP contribution in [-0.4, -0.2) is 30.6 Å². The van der Waals surface area contributed by atoms with E-state index >= 15 is 0 Å². The highest BCUT2D eigenvalue weighted by Crippen LogP contribution is 2.35. The van der Waals surface area contributed by atoms with Crippen molar-refractivity contribution in [2.24, 2.45) is 0 Å². The van der Waals surface area contributed by atoms with Crippen molar-refractivity contribution >= 4 is 27.4 Å². The lowest BCUT2D eigenvalue weighted by atomic mass is 10.2. The predicted molar refractivity (Wildman–Crippen MR) is 75.0 cm³/mol. The van der Waals surface area contributed by atoms with Crippen molar-refractivity contribution in [3.8, 4) is 0 Å². The van der Waals surface area contributed by atoms with Gasteiger partial charge in [-0.2, -0.15) is 4.31 Å². The Morgan fingerprint density at radius 1 is 1.33 bits per heavy atom. The molecule has 5 heteroatoms. The second kappa shape index (κ2) is 4.79. The van der Waals surface area contributed by atoms with Crippen molar-refractivity contribution in [2.45, 2.75) is 37.0 Å². The number of hydrogen-bond acceptors (Lipinski definition) is 3. The second-order valence-electron chi connectivity index (χ2n) is 4.94. The van der Waals surface area contributed by atoms with Crippen molar-refractivity contribution in [1.82, 2.24) is 4.31 Å². The van der Waals surface area contributed by atoms with Gasteiger partial charge in [0.1, 0.15) is 0 Å². The summed E-state index contributed by atoms with van der Waals surface area (Å²) in [6.45, 7) is 0.693. The third kappa shape index (κ3) is 2.39. The predicted octanol–water partition coefficient (Wildman–Crippen LogP) is 2.72. The molecule has 1 unspecified atom stereocenters. The maximum Gasteiger partial charge on any atom is 0.217 e. The van der Waals surface area contributed by atoms with E-state index in [4.69, 9.17) is 0 Å². The van der Waals surface area contributed by atoms with Crippen LogP contribution in [0.3, 0.4) is 0 Å². The molecule has 1 atom stereocenters. The van der Waals surface area contributed by atoms with Crippen LogP contribution in [0.4, 0.5) is 0 Å². The van der Waals surface area contributed by atoms with Gasteiger partial charge in [0.05, 0.1) is 5.25 Å². The summed E-state index contributed by atoms with van der Waals surface area (Å²) in [5.41, 5.74) is 0. The first-order valence-electron chi connectivity index (χ1n) is 6.40. The summed E-state index contributed by atoms with van der Waals surface area (Å²) in [5.74, 6) is 0. The smallest absolute Gasteiger partial charge is 0.212 e. The van der Waals surface area contributed by atoms with E-state index in [0.717, 1.165) is 25.7 Å². The normalized spacial score (nSPS) is 26.1. The maximum absolute atomic E-state index is 12.3. The fourth-order valence-corrected chi connectivity index (χ4v) is 5.10. The number of rotatable bonds is 4. The summed E-state index contributed by atoms with van der Waals surface area (Å²) in [6.07, 6.45) is 7.73. The van der Waals surface area contributed by atoms with E-state index in [-0.39, 0.29) is 11.3 Å². The minimum absolute atomic E-state index is 0.0673. The van der Waals surface area contributed by atoms with Crippen molar-refractivity contribution in [3.05, 3.63) is 28.5 Å². The zero-order chi connectivity index (χ0) is 12.6. The van der Waals surface area contributed by atoms with E-state index in [0.29, 0.717) is 6.54 Å². The van der Waals surface area contributed by atoms with Gasteiger partial charge in [-0.1, -0.05) is 12.1 Å². The summed E-state index contributed by atoms with van der Waals surface area (Å²) in [4.78, 5) is 1.19. The Kier molecular flexibility index (Phi) is 3.30. The molecule has 0 aromatic carbocycles. The molecule has 0 radical (unpaired) electrons. The van der Waals surface area contributed by atoms with E-state index in [9.17, 15) is 8.42 Å². The van der Waals surface area contributed by atoms with E-state index < -0.39 is 10.0 Å². The van der Waals surface area contributed by atoms with Crippen LogP contribution in [-0.2, 0) is 10.0 Å². The zero-order valence-electron chi connectivity index (χ0n) is 10.2. The van der Waals surface area contributed by atoms with Crippen molar-refractivity contribution in [1.29, 1.82) is 0 Å². The molecule has 0 bridgehead atoms. The summed E-state index contributed by atoms with van der Waals surface area (Å²) in [5, 5.41) is 1.95. The summed E-state index contributed by atoms with van der Waals surface area (Å²) < 4.78 is 26.2. The molecule has 2 aliphatic rings. The highest BCUT2D eigenvalue weighted by atomic mass is 32.2. The van der Waals surface area contributed by atoms with Crippen LogP contribution >= 0.6 is 11.3 Å². The first-order valence-corrected chi connectivity index (χ1v) is 8.78. The van der Waals surface area contributed by atoms with Crippen LogP contribution in [0.5, 0.6) is 0 Å². The van der Waals surface area contributed by atoms with E-state index in [1.807, 2.05) is 11.4 Å². The SMILES string of the molecule is O=S(=O)(C1CC1)N1CCCC1/C=C/c1cccs1. The molecular weight excluding hydrogens is 266 g/mol. The van der Waals surface area contributed by atoms with Crippen molar-refractivity contribution in [2.75, 3.05) is 6.54 Å². The lowest BCUT2D eigenvalue weighted by molar-refractivity contribution is 0.432. The second-order valence-corrected chi connectivity index (χ2v) is 8.08. The van der Waals surface area contributed by atoms with Gasteiger partial charge >= 0.3 is 0 Å². The van der Waals surface area contributed by atoms with Gasteiger partial charge in [0.2, 0.25) is 10.0 Å². The largest absolute Gasteiger partial charge is 0.217 e. The maximum atomic E-state index is 12.3. The molecule has 1 aliphatic heterocycles. The number of hydrogen-bond donors (Lipinski definition) is 0. The molecule has 1 aromatic heterocycles. The fourth-order valence-electron chi connectivity index (χ4n) is 2.42. The Labute approximate surface area is 112 Å². The molecule has 1 aliphatic carbocycles. The number of nitrogens with zero attached hydrogens (tertiary/aromatic N) is 1. The molecule has 0 N–H and O–H groups in total. The van der Waals surface area contributed by atoms with Crippen LogP contribution in [0.2, 0.25) is 0 Å². The molecule has 2 fully saturated rings. The molecule has 2 heterocycles. The average Bonchev–Trinajstić information content (AvgIpc) is 2.91. The number of thiophene rings is 1. The van der Waals surface area contributed by atoms with Gasteiger partial charge in [-0.15, -0.1) is 11.3 Å². The Morgan fingerprint density at radius 3 is 2.83 bits per heavy atom. The van der Waals surface area contributed by atoms with Gasteiger partial charge in [0.25, 0.3) is 0 Å². The highest BCUT2D eigenvalue weighted by molar-refractivity contribution is 7.90. The zero-order valence-corrected chi connectivity index (χ0v) is 11.8. The van der Waals surface area contributed by atoms with Gasteiger partial charge < -0.3 is 0 Å². The first kappa shape index (κ1) is 12.4. The van der Waals surface area contributed by atoms with Crippen LogP contribution in [0.25, 0.3) is 6.08 Å². The summed E-state index contributed by atoms with van der Waals surface area (Å²) >= 11 is 1.68. The van der Waals surface area contributed by atoms with Crippen molar-refractivity contribution in [3.63, 3.8) is 0 Å². The standard InChI is InChI=1S/C13H17NO2S2/c15-18(16,13-7-8-13)14-9-1-3-11(14)5-6-12-4-2-10-17-12/h2,4-6,10-11,13H,1,3,7-9H2/b6-5+. The van der Waals surface area contributed by atoms with E-state index in [2.05, 4.69) is 18.2 Å².